The fourth-order valence-electron chi connectivity index (χ4n) is 2.63. The Bertz CT molecular complexity index is 691. The number of nitrogen functional groups attached to an aromatic ring is 1. The Morgan fingerprint density at radius 3 is 2.65 bits per heavy atom. The summed E-state index contributed by atoms with van der Waals surface area (Å²) in [4.78, 5) is 14.2. The summed E-state index contributed by atoms with van der Waals surface area (Å²) in [5, 5.41) is 0. The van der Waals surface area contributed by atoms with E-state index in [-0.39, 0.29) is 5.91 Å². The standard InChI is InChI=1S/C17H18N2O/c1-11-3-4-13(7-12(11)2)9-19-10-14-5-6-15(18)8-16(14)17(19)20/h3-8H,9-10,18H2,1-2H3. The molecular weight excluding hydrogens is 248 g/mol. The van der Waals surface area contributed by atoms with Crippen LogP contribution >= 0.6 is 0 Å². The molecule has 0 fully saturated rings. The molecule has 1 aliphatic rings. The van der Waals surface area contributed by atoms with E-state index in [1.807, 2.05) is 17.0 Å². The van der Waals surface area contributed by atoms with E-state index >= 15 is 0 Å². The largest absolute Gasteiger partial charge is 0.399 e. The van der Waals surface area contributed by atoms with Gasteiger partial charge in [0.25, 0.3) is 5.91 Å². The van der Waals surface area contributed by atoms with Gasteiger partial charge in [0.2, 0.25) is 0 Å². The number of anilines is 1. The first-order valence-corrected chi connectivity index (χ1v) is 6.78. The van der Waals surface area contributed by atoms with Gasteiger partial charge >= 0.3 is 0 Å². The Hall–Kier alpha value is -2.29. The fraction of sp³-hybridized carbons (Fsp3) is 0.235. The van der Waals surface area contributed by atoms with Crippen molar-refractivity contribution in [1.82, 2.24) is 4.90 Å². The van der Waals surface area contributed by atoms with Gasteiger partial charge in [0.05, 0.1) is 0 Å². The number of hydrogen-bond acceptors (Lipinski definition) is 2. The average Bonchev–Trinajstić information content (AvgIpc) is 2.71. The number of hydrogen-bond donors (Lipinski definition) is 1. The number of amides is 1. The van der Waals surface area contributed by atoms with Crippen molar-refractivity contribution >= 4 is 11.6 Å². The fourth-order valence-corrected chi connectivity index (χ4v) is 2.63. The van der Waals surface area contributed by atoms with Crippen LogP contribution in [0.1, 0.15) is 32.6 Å². The summed E-state index contributed by atoms with van der Waals surface area (Å²) >= 11 is 0. The zero-order chi connectivity index (χ0) is 14.3. The first-order chi connectivity index (χ1) is 9.54. The van der Waals surface area contributed by atoms with Crippen molar-refractivity contribution in [2.24, 2.45) is 0 Å². The molecule has 0 saturated carbocycles. The third kappa shape index (κ3) is 2.16. The van der Waals surface area contributed by atoms with Gasteiger partial charge in [-0.05, 0) is 48.2 Å². The molecule has 3 rings (SSSR count). The van der Waals surface area contributed by atoms with Crippen LogP contribution in [0.2, 0.25) is 0 Å². The van der Waals surface area contributed by atoms with Gasteiger partial charge in [-0.25, -0.2) is 0 Å². The smallest absolute Gasteiger partial charge is 0.254 e. The molecule has 0 unspecified atom stereocenters. The lowest BCUT2D eigenvalue weighted by Crippen LogP contribution is -2.23. The van der Waals surface area contributed by atoms with E-state index in [0.29, 0.717) is 18.8 Å². The molecule has 1 heterocycles. The number of carbonyl (C=O) groups is 1. The van der Waals surface area contributed by atoms with E-state index in [1.165, 1.54) is 16.7 Å². The lowest BCUT2D eigenvalue weighted by Gasteiger charge is -2.16. The SMILES string of the molecule is Cc1ccc(CN2Cc3ccc(N)cc3C2=O)cc1C. The Morgan fingerprint density at radius 1 is 1.10 bits per heavy atom. The van der Waals surface area contributed by atoms with Crippen LogP contribution in [0.4, 0.5) is 5.69 Å². The molecule has 0 aromatic heterocycles. The molecule has 0 aliphatic carbocycles. The van der Waals surface area contributed by atoms with Crippen LogP contribution in [-0.4, -0.2) is 10.8 Å². The molecule has 0 atom stereocenters. The van der Waals surface area contributed by atoms with Gasteiger partial charge < -0.3 is 10.6 Å². The van der Waals surface area contributed by atoms with Crippen molar-refractivity contribution in [3.63, 3.8) is 0 Å². The molecule has 1 amide bonds. The van der Waals surface area contributed by atoms with Crippen LogP contribution in [0.3, 0.4) is 0 Å². The Balaban J connectivity index is 1.84. The van der Waals surface area contributed by atoms with Crippen molar-refractivity contribution < 1.29 is 4.79 Å². The number of nitrogens with two attached hydrogens (primary N) is 1. The van der Waals surface area contributed by atoms with E-state index in [4.69, 9.17) is 5.73 Å². The number of fused-ring (bicyclic) bond motifs is 1. The van der Waals surface area contributed by atoms with Crippen molar-refractivity contribution in [3.05, 3.63) is 64.2 Å². The van der Waals surface area contributed by atoms with Crippen LogP contribution in [-0.2, 0) is 13.1 Å². The molecule has 0 spiro atoms. The van der Waals surface area contributed by atoms with Crippen molar-refractivity contribution in [2.45, 2.75) is 26.9 Å². The second kappa shape index (κ2) is 4.67. The van der Waals surface area contributed by atoms with Crippen LogP contribution < -0.4 is 5.73 Å². The maximum atomic E-state index is 12.4. The monoisotopic (exact) mass is 266 g/mol. The summed E-state index contributed by atoms with van der Waals surface area (Å²) in [7, 11) is 0. The number of benzene rings is 2. The predicted molar refractivity (Wildman–Crippen MR) is 80.3 cm³/mol. The summed E-state index contributed by atoms with van der Waals surface area (Å²) in [5.74, 6) is 0.0746. The molecule has 20 heavy (non-hydrogen) atoms. The number of rotatable bonds is 2. The topological polar surface area (TPSA) is 46.3 Å². The normalized spacial score (nSPS) is 13.7. The minimum Gasteiger partial charge on any atom is -0.399 e. The van der Waals surface area contributed by atoms with Crippen LogP contribution in [0.15, 0.2) is 36.4 Å². The van der Waals surface area contributed by atoms with Gasteiger partial charge in [0, 0.05) is 24.3 Å². The Morgan fingerprint density at radius 2 is 1.90 bits per heavy atom. The third-order valence-electron chi connectivity index (χ3n) is 3.96. The lowest BCUT2D eigenvalue weighted by atomic mass is 10.1. The highest BCUT2D eigenvalue weighted by Gasteiger charge is 2.27. The van der Waals surface area contributed by atoms with E-state index in [2.05, 4.69) is 32.0 Å². The highest BCUT2D eigenvalue weighted by molar-refractivity contribution is 5.99. The van der Waals surface area contributed by atoms with Crippen molar-refractivity contribution in [1.29, 1.82) is 0 Å². The molecule has 0 bridgehead atoms. The van der Waals surface area contributed by atoms with E-state index in [0.717, 1.165) is 11.1 Å². The summed E-state index contributed by atoms with van der Waals surface area (Å²) in [5.41, 5.74) is 11.9. The molecule has 2 N–H and O–H groups in total. The maximum absolute atomic E-state index is 12.4. The van der Waals surface area contributed by atoms with Gasteiger partial charge in [-0.3, -0.25) is 4.79 Å². The minimum absolute atomic E-state index is 0.0746. The molecule has 3 heteroatoms. The molecular formula is C17H18N2O. The molecule has 0 radical (unpaired) electrons. The van der Waals surface area contributed by atoms with Gasteiger partial charge in [-0.1, -0.05) is 24.3 Å². The molecule has 0 saturated heterocycles. The summed E-state index contributed by atoms with van der Waals surface area (Å²) < 4.78 is 0. The second-order valence-corrected chi connectivity index (χ2v) is 5.50. The maximum Gasteiger partial charge on any atom is 0.254 e. The molecule has 3 nitrogen and oxygen atoms in total. The molecule has 2 aromatic carbocycles. The zero-order valence-electron chi connectivity index (χ0n) is 11.8. The first kappa shape index (κ1) is 12.7. The predicted octanol–water partition coefficient (Wildman–Crippen LogP) is 3.04. The molecule has 1 aliphatic heterocycles. The van der Waals surface area contributed by atoms with Gasteiger partial charge in [0.1, 0.15) is 0 Å². The van der Waals surface area contributed by atoms with Gasteiger partial charge in [-0.2, -0.15) is 0 Å². The van der Waals surface area contributed by atoms with E-state index in [9.17, 15) is 4.79 Å². The molecule has 2 aromatic rings. The lowest BCUT2D eigenvalue weighted by molar-refractivity contribution is 0.0766. The first-order valence-electron chi connectivity index (χ1n) is 6.78. The van der Waals surface area contributed by atoms with Crippen LogP contribution in [0.5, 0.6) is 0 Å². The summed E-state index contributed by atoms with van der Waals surface area (Å²) in [6.45, 7) is 5.51. The highest BCUT2D eigenvalue weighted by Crippen LogP contribution is 2.26. The quantitative estimate of drug-likeness (QED) is 0.849. The number of carbonyl (C=O) groups excluding carboxylic acids is 1. The van der Waals surface area contributed by atoms with Crippen LogP contribution in [0, 0.1) is 13.8 Å². The van der Waals surface area contributed by atoms with E-state index in [1.54, 1.807) is 6.07 Å². The second-order valence-electron chi connectivity index (χ2n) is 5.50. The Kier molecular flexibility index (Phi) is 2.97. The van der Waals surface area contributed by atoms with Gasteiger partial charge in [-0.15, -0.1) is 0 Å². The van der Waals surface area contributed by atoms with Crippen molar-refractivity contribution in [2.75, 3.05) is 5.73 Å². The summed E-state index contributed by atoms with van der Waals surface area (Å²) in [6, 6.07) is 11.9. The number of nitrogens with zero attached hydrogens (tertiary/aromatic N) is 1. The van der Waals surface area contributed by atoms with Crippen molar-refractivity contribution in [3.8, 4) is 0 Å². The van der Waals surface area contributed by atoms with Gasteiger partial charge in [0.15, 0.2) is 0 Å². The summed E-state index contributed by atoms with van der Waals surface area (Å²) in [6.07, 6.45) is 0. The number of aryl methyl sites for hydroxylation is 2. The highest BCUT2D eigenvalue weighted by atomic mass is 16.2. The third-order valence-corrected chi connectivity index (χ3v) is 3.96. The van der Waals surface area contributed by atoms with E-state index < -0.39 is 0 Å². The van der Waals surface area contributed by atoms with Crippen LogP contribution in [0.25, 0.3) is 0 Å². The zero-order valence-corrected chi connectivity index (χ0v) is 11.8. The Labute approximate surface area is 119 Å². The average molecular weight is 266 g/mol. The minimum atomic E-state index is 0.0746. The molecule has 102 valence electrons.